The first kappa shape index (κ1) is 15.6. The highest BCUT2D eigenvalue weighted by Gasteiger charge is 2.08. The van der Waals surface area contributed by atoms with Gasteiger partial charge < -0.3 is 10.6 Å². The van der Waals surface area contributed by atoms with Crippen LogP contribution in [0.5, 0.6) is 0 Å². The second kappa shape index (κ2) is 6.84. The lowest BCUT2D eigenvalue weighted by Gasteiger charge is -2.12. The van der Waals surface area contributed by atoms with E-state index in [9.17, 15) is 0 Å². The molecule has 2 aromatic carbocycles. The van der Waals surface area contributed by atoms with E-state index in [0.29, 0.717) is 11.0 Å². The topological polar surface area (TPSA) is 49.8 Å². The molecule has 0 radical (unpaired) electrons. The van der Waals surface area contributed by atoms with Crippen LogP contribution in [0.4, 0.5) is 17.5 Å². The van der Waals surface area contributed by atoms with Crippen molar-refractivity contribution in [2.24, 2.45) is 0 Å². The number of rotatable bonds is 5. The Morgan fingerprint density at radius 3 is 2.74 bits per heavy atom. The lowest BCUT2D eigenvalue weighted by molar-refractivity contribution is 0.970. The molecule has 4 nitrogen and oxygen atoms in total. The summed E-state index contributed by atoms with van der Waals surface area (Å²) in [6.45, 7) is 5.03. The lowest BCUT2D eigenvalue weighted by Crippen LogP contribution is -2.06. The van der Waals surface area contributed by atoms with Crippen molar-refractivity contribution in [3.63, 3.8) is 0 Å². The Morgan fingerprint density at radius 1 is 1.09 bits per heavy atom. The molecule has 0 bridgehead atoms. The molecule has 3 rings (SSSR count). The van der Waals surface area contributed by atoms with E-state index < -0.39 is 0 Å². The van der Waals surface area contributed by atoms with Crippen molar-refractivity contribution in [3.05, 3.63) is 53.1 Å². The van der Waals surface area contributed by atoms with E-state index in [1.165, 1.54) is 0 Å². The molecule has 0 unspecified atom stereocenters. The predicted octanol–water partition coefficient (Wildman–Crippen LogP) is 5.16. The molecule has 0 amide bonds. The molecule has 23 heavy (non-hydrogen) atoms. The molecule has 118 valence electrons. The molecule has 0 saturated carbocycles. The number of fused-ring (bicyclic) bond motifs is 1. The average molecular weight is 327 g/mol. The Bertz CT molecular complexity index is 832. The molecular weight excluding hydrogens is 308 g/mol. The fraction of sp³-hybridized carbons (Fsp3) is 0.222. The zero-order valence-corrected chi connectivity index (χ0v) is 14.0. The molecule has 3 aromatic rings. The maximum atomic E-state index is 6.08. The van der Waals surface area contributed by atoms with Crippen molar-refractivity contribution in [1.82, 2.24) is 9.97 Å². The standard InChI is InChI=1S/C18H19ClN4/c1-3-10-20-17-14-6-4-5-7-15(14)21-18(23-17)22-16-11-13(19)9-8-12(16)2/h4-9,11H,3,10H2,1-2H3,(H2,20,21,22,23). The van der Waals surface area contributed by atoms with E-state index in [2.05, 4.69) is 27.5 Å². The minimum Gasteiger partial charge on any atom is -0.369 e. The monoisotopic (exact) mass is 326 g/mol. The molecule has 0 aliphatic rings. The van der Waals surface area contributed by atoms with Crippen molar-refractivity contribution < 1.29 is 0 Å². The quantitative estimate of drug-likeness (QED) is 0.680. The van der Waals surface area contributed by atoms with Crippen LogP contribution < -0.4 is 10.6 Å². The van der Waals surface area contributed by atoms with Crippen LogP contribution in [-0.4, -0.2) is 16.5 Å². The van der Waals surface area contributed by atoms with Crippen molar-refractivity contribution in [2.45, 2.75) is 20.3 Å². The second-order valence-electron chi connectivity index (χ2n) is 5.42. The van der Waals surface area contributed by atoms with Crippen LogP contribution in [0.2, 0.25) is 5.02 Å². The van der Waals surface area contributed by atoms with E-state index in [1.54, 1.807) is 0 Å². The summed E-state index contributed by atoms with van der Waals surface area (Å²) in [5.74, 6) is 1.41. The van der Waals surface area contributed by atoms with Gasteiger partial charge in [0.25, 0.3) is 0 Å². The van der Waals surface area contributed by atoms with Crippen LogP contribution in [0.25, 0.3) is 10.9 Å². The summed E-state index contributed by atoms with van der Waals surface area (Å²) in [5.41, 5.74) is 2.91. The lowest BCUT2D eigenvalue weighted by atomic mass is 10.2. The zero-order chi connectivity index (χ0) is 16.2. The smallest absolute Gasteiger partial charge is 0.229 e. The predicted molar refractivity (Wildman–Crippen MR) is 97.8 cm³/mol. The maximum absolute atomic E-state index is 6.08. The van der Waals surface area contributed by atoms with Gasteiger partial charge in [-0.05, 0) is 43.2 Å². The number of para-hydroxylation sites is 1. The summed E-state index contributed by atoms with van der Waals surface area (Å²) < 4.78 is 0. The highest BCUT2D eigenvalue weighted by atomic mass is 35.5. The summed E-state index contributed by atoms with van der Waals surface area (Å²) in [5, 5.41) is 8.35. The first-order valence-electron chi connectivity index (χ1n) is 7.71. The van der Waals surface area contributed by atoms with Gasteiger partial charge in [-0.2, -0.15) is 4.98 Å². The molecule has 0 aliphatic heterocycles. The SMILES string of the molecule is CCCNc1nc(Nc2cc(Cl)ccc2C)nc2ccccc12. The Balaban J connectivity index is 2.02. The largest absolute Gasteiger partial charge is 0.369 e. The molecule has 0 atom stereocenters. The molecule has 0 fully saturated rings. The Labute approximate surface area is 140 Å². The molecule has 0 aliphatic carbocycles. The van der Waals surface area contributed by atoms with E-state index in [4.69, 9.17) is 11.6 Å². The van der Waals surface area contributed by atoms with Crippen LogP contribution in [0.1, 0.15) is 18.9 Å². The first-order valence-corrected chi connectivity index (χ1v) is 8.09. The molecule has 1 aromatic heterocycles. The fourth-order valence-corrected chi connectivity index (χ4v) is 2.53. The highest BCUT2D eigenvalue weighted by molar-refractivity contribution is 6.30. The zero-order valence-electron chi connectivity index (χ0n) is 13.2. The van der Waals surface area contributed by atoms with Gasteiger partial charge in [0, 0.05) is 22.6 Å². The van der Waals surface area contributed by atoms with Crippen LogP contribution in [0, 0.1) is 6.92 Å². The van der Waals surface area contributed by atoms with E-state index in [0.717, 1.165) is 40.9 Å². The van der Waals surface area contributed by atoms with Gasteiger partial charge in [0.2, 0.25) is 5.95 Å². The van der Waals surface area contributed by atoms with Crippen molar-refractivity contribution in [1.29, 1.82) is 0 Å². The third-order valence-corrected chi connectivity index (χ3v) is 3.83. The van der Waals surface area contributed by atoms with Crippen LogP contribution >= 0.6 is 11.6 Å². The van der Waals surface area contributed by atoms with Gasteiger partial charge in [-0.15, -0.1) is 0 Å². The van der Waals surface area contributed by atoms with Gasteiger partial charge in [0.05, 0.1) is 5.52 Å². The third-order valence-electron chi connectivity index (χ3n) is 3.59. The molecule has 2 N–H and O–H groups in total. The second-order valence-corrected chi connectivity index (χ2v) is 5.86. The van der Waals surface area contributed by atoms with Crippen LogP contribution in [0.3, 0.4) is 0 Å². The van der Waals surface area contributed by atoms with Gasteiger partial charge in [0.15, 0.2) is 0 Å². The maximum Gasteiger partial charge on any atom is 0.229 e. The summed E-state index contributed by atoms with van der Waals surface area (Å²) in [6.07, 6.45) is 1.04. The van der Waals surface area contributed by atoms with Crippen molar-refractivity contribution in [3.8, 4) is 0 Å². The van der Waals surface area contributed by atoms with Crippen LogP contribution in [-0.2, 0) is 0 Å². The molecule has 0 saturated heterocycles. The normalized spacial score (nSPS) is 10.7. The van der Waals surface area contributed by atoms with Crippen LogP contribution in [0.15, 0.2) is 42.5 Å². The number of nitrogens with one attached hydrogen (secondary N) is 2. The molecule has 0 spiro atoms. The third kappa shape index (κ3) is 3.54. The summed E-state index contributed by atoms with van der Waals surface area (Å²) in [4.78, 5) is 9.23. The molecule has 5 heteroatoms. The number of benzene rings is 2. The molecular formula is C18H19ClN4. The van der Waals surface area contributed by atoms with Gasteiger partial charge in [0.1, 0.15) is 5.82 Å². The Hall–Kier alpha value is -2.33. The van der Waals surface area contributed by atoms with E-state index in [-0.39, 0.29) is 0 Å². The fourth-order valence-electron chi connectivity index (χ4n) is 2.36. The minimum atomic E-state index is 0.563. The van der Waals surface area contributed by atoms with E-state index >= 15 is 0 Å². The summed E-state index contributed by atoms with van der Waals surface area (Å²) >= 11 is 6.08. The minimum absolute atomic E-state index is 0.563. The highest BCUT2D eigenvalue weighted by Crippen LogP contribution is 2.26. The summed E-state index contributed by atoms with van der Waals surface area (Å²) in [7, 11) is 0. The summed E-state index contributed by atoms with van der Waals surface area (Å²) in [6, 6.07) is 13.7. The van der Waals surface area contributed by atoms with Gasteiger partial charge in [-0.1, -0.05) is 36.7 Å². The number of halogens is 1. The Kier molecular flexibility index (Phi) is 4.63. The number of hydrogen-bond acceptors (Lipinski definition) is 4. The average Bonchev–Trinajstić information content (AvgIpc) is 2.56. The van der Waals surface area contributed by atoms with E-state index in [1.807, 2.05) is 49.4 Å². The van der Waals surface area contributed by atoms with Crippen molar-refractivity contribution in [2.75, 3.05) is 17.2 Å². The van der Waals surface area contributed by atoms with Gasteiger partial charge in [-0.3, -0.25) is 0 Å². The van der Waals surface area contributed by atoms with Gasteiger partial charge in [-0.25, -0.2) is 4.98 Å². The number of hydrogen-bond donors (Lipinski definition) is 2. The number of anilines is 3. The number of aryl methyl sites for hydroxylation is 1. The first-order chi connectivity index (χ1) is 11.2. The molecule has 1 heterocycles. The van der Waals surface area contributed by atoms with Crippen molar-refractivity contribution >= 4 is 40.0 Å². The van der Waals surface area contributed by atoms with Gasteiger partial charge >= 0.3 is 0 Å². The number of aromatic nitrogens is 2. The number of nitrogens with zero attached hydrogens (tertiary/aromatic N) is 2. The Morgan fingerprint density at radius 2 is 1.91 bits per heavy atom.